The molecule has 0 aliphatic carbocycles. The molecule has 0 amide bonds. The zero-order chi connectivity index (χ0) is 12.4. The van der Waals surface area contributed by atoms with E-state index in [1.165, 1.54) is 13.8 Å². The van der Waals surface area contributed by atoms with Gasteiger partial charge in [0.1, 0.15) is 0 Å². The van der Waals surface area contributed by atoms with E-state index in [-0.39, 0.29) is 0 Å². The van der Waals surface area contributed by atoms with E-state index in [9.17, 15) is 9.90 Å². The van der Waals surface area contributed by atoms with E-state index in [0.29, 0.717) is 6.42 Å². The molecule has 0 bridgehead atoms. The normalized spacial score (nSPS) is 15.5. The average Bonchev–Trinajstić information content (AvgIpc) is 2.18. The standard InChI is InChI=1S/C13H18O3/c1-12(2,11(14)15)13(3,16)9-10-7-5-4-6-8-10/h4-8,16H,9H2,1-3H3,(H,14,15). The second-order valence-electron chi connectivity index (χ2n) is 4.87. The highest BCUT2D eigenvalue weighted by Crippen LogP contribution is 2.33. The third kappa shape index (κ3) is 2.42. The van der Waals surface area contributed by atoms with Gasteiger partial charge in [-0.2, -0.15) is 0 Å². The van der Waals surface area contributed by atoms with E-state index in [2.05, 4.69) is 0 Å². The topological polar surface area (TPSA) is 57.5 Å². The molecule has 0 saturated heterocycles. The molecular weight excluding hydrogens is 204 g/mol. The van der Waals surface area contributed by atoms with Crippen LogP contribution in [0.1, 0.15) is 26.3 Å². The molecule has 1 aromatic rings. The molecule has 0 saturated carbocycles. The van der Waals surface area contributed by atoms with Gasteiger partial charge in [0, 0.05) is 6.42 Å². The molecular formula is C13H18O3. The maximum Gasteiger partial charge on any atom is 0.312 e. The Kier molecular flexibility index (Phi) is 3.38. The zero-order valence-electron chi connectivity index (χ0n) is 9.90. The van der Waals surface area contributed by atoms with Gasteiger partial charge in [0.15, 0.2) is 0 Å². The van der Waals surface area contributed by atoms with Crippen molar-refractivity contribution in [3.8, 4) is 0 Å². The van der Waals surface area contributed by atoms with Crippen molar-refractivity contribution >= 4 is 5.97 Å². The van der Waals surface area contributed by atoms with Crippen molar-refractivity contribution < 1.29 is 15.0 Å². The van der Waals surface area contributed by atoms with Gasteiger partial charge in [-0.1, -0.05) is 30.3 Å². The largest absolute Gasteiger partial charge is 0.481 e. The first-order chi connectivity index (χ1) is 7.27. The third-order valence-corrected chi connectivity index (χ3v) is 3.27. The van der Waals surface area contributed by atoms with Gasteiger partial charge in [-0.25, -0.2) is 0 Å². The average molecular weight is 222 g/mol. The molecule has 0 heterocycles. The third-order valence-electron chi connectivity index (χ3n) is 3.27. The van der Waals surface area contributed by atoms with Gasteiger partial charge in [0.2, 0.25) is 0 Å². The number of hydrogen-bond acceptors (Lipinski definition) is 2. The first kappa shape index (κ1) is 12.7. The highest BCUT2D eigenvalue weighted by atomic mass is 16.4. The second-order valence-corrected chi connectivity index (χ2v) is 4.87. The van der Waals surface area contributed by atoms with E-state index in [4.69, 9.17) is 5.11 Å². The maximum absolute atomic E-state index is 11.1. The predicted octanol–water partition coefficient (Wildman–Crippen LogP) is 2.09. The van der Waals surface area contributed by atoms with Gasteiger partial charge in [0.25, 0.3) is 0 Å². The van der Waals surface area contributed by atoms with Crippen LogP contribution in [-0.2, 0) is 11.2 Å². The SMILES string of the molecule is CC(O)(Cc1ccccc1)C(C)(C)C(=O)O. The van der Waals surface area contributed by atoms with Crippen molar-refractivity contribution in [1.82, 2.24) is 0 Å². The minimum atomic E-state index is -1.28. The van der Waals surface area contributed by atoms with Gasteiger partial charge in [-0.3, -0.25) is 4.79 Å². The van der Waals surface area contributed by atoms with Crippen LogP contribution in [0.3, 0.4) is 0 Å². The van der Waals surface area contributed by atoms with Crippen LogP contribution in [0.25, 0.3) is 0 Å². The molecule has 3 heteroatoms. The van der Waals surface area contributed by atoms with Crippen LogP contribution in [-0.4, -0.2) is 21.8 Å². The van der Waals surface area contributed by atoms with Crippen LogP contribution in [0.2, 0.25) is 0 Å². The molecule has 0 fully saturated rings. The van der Waals surface area contributed by atoms with Gasteiger partial charge in [-0.05, 0) is 26.3 Å². The van der Waals surface area contributed by atoms with Crippen molar-refractivity contribution in [2.45, 2.75) is 32.8 Å². The van der Waals surface area contributed by atoms with Gasteiger partial charge < -0.3 is 10.2 Å². The Balaban J connectivity index is 2.92. The number of aliphatic carboxylic acids is 1. The molecule has 1 unspecified atom stereocenters. The molecule has 3 nitrogen and oxygen atoms in total. The van der Waals surface area contributed by atoms with Gasteiger partial charge >= 0.3 is 5.97 Å². The summed E-state index contributed by atoms with van der Waals surface area (Å²) in [5.41, 5.74) is -1.52. The second kappa shape index (κ2) is 4.26. The summed E-state index contributed by atoms with van der Waals surface area (Å²) in [7, 11) is 0. The summed E-state index contributed by atoms with van der Waals surface area (Å²) < 4.78 is 0. The highest BCUT2D eigenvalue weighted by molar-refractivity contribution is 5.75. The van der Waals surface area contributed by atoms with Crippen LogP contribution < -0.4 is 0 Å². The smallest absolute Gasteiger partial charge is 0.312 e. The number of rotatable bonds is 4. The van der Waals surface area contributed by atoms with Crippen molar-refractivity contribution in [3.05, 3.63) is 35.9 Å². The minimum Gasteiger partial charge on any atom is -0.481 e. The van der Waals surface area contributed by atoms with Crippen molar-refractivity contribution in [2.75, 3.05) is 0 Å². The lowest BCUT2D eigenvalue weighted by atomic mass is 9.73. The number of carbonyl (C=O) groups is 1. The maximum atomic E-state index is 11.1. The fourth-order valence-electron chi connectivity index (χ4n) is 1.44. The van der Waals surface area contributed by atoms with Crippen LogP contribution in [0.4, 0.5) is 0 Å². The van der Waals surface area contributed by atoms with Crippen LogP contribution in [0.15, 0.2) is 30.3 Å². The molecule has 2 N–H and O–H groups in total. The fraction of sp³-hybridized carbons (Fsp3) is 0.462. The van der Waals surface area contributed by atoms with Crippen molar-refractivity contribution in [3.63, 3.8) is 0 Å². The van der Waals surface area contributed by atoms with Crippen molar-refractivity contribution in [2.24, 2.45) is 5.41 Å². The first-order valence-corrected chi connectivity index (χ1v) is 5.27. The molecule has 0 aliphatic rings. The minimum absolute atomic E-state index is 0.327. The summed E-state index contributed by atoms with van der Waals surface area (Å²) >= 11 is 0. The number of carboxylic acids is 1. The molecule has 0 spiro atoms. The quantitative estimate of drug-likeness (QED) is 0.820. The molecule has 0 aliphatic heterocycles. The summed E-state index contributed by atoms with van der Waals surface area (Å²) in [5.74, 6) is -0.992. The van der Waals surface area contributed by atoms with Gasteiger partial charge in [0.05, 0.1) is 11.0 Å². The summed E-state index contributed by atoms with van der Waals surface area (Å²) in [6.45, 7) is 4.64. The number of hydrogen-bond donors (Lipinski definition) is 2. The summed E-state index contributed by atoms with van der Waals surface area (Å²) in [6.07, 6.45) is 0.327. The van der Waals surface area contributed by atoms with E-state index in [1.54, 1.807) is 6.92 Å². The summed E-state index contributed by atoms with van der Waals surface area (Å²) in [4.78, 5) is 11.1. The Hall–Kier alpha value is -1.35. The Morgan fingerprint density at radius 1 is 1.19 bits per heavy atom. The van der Waals surface area contributed by atoms with Crippen LogP contribution in [0, 0.1) is 5.41 Å². The molecule has 0 radical (unpaired) electrons. The zero-order valence-corrected chi connectivity index (χ0v) is 9.90. The lowest BCUT2D eigenvalue weighted by Crippen LogP contribution is -2.48. The lowest BCUT2D eigenvalue weighted by molar-refractivity contribution is -0.162. The Morgan fingerprint density at radius 2 is 1.69 bits per heavy atom. The highest BCUT2D eigenvalue weighted by Gasteiger charge is 2.45. The van der Waals surface area contributed by atoms with Crippen LogP contribution in [0.5, 0.6) is 0 Å². The molecule has 1 atom stereocenters. The van der Waals surface area contributed by atoms with E-state index in [0.717, 1.165) is 5.56 Å². The van der Waals surface area contributed by atoms with Crippen LogP contribution >= 0.6 is 0 Å². The van der Waals surface area contributed by atoms with E-state index >= 15 is 0 Å². The molecule has 0 aromatic heterocycles. The van der Waals surface area contributed by atoms with Gasteiger partial charge in [-0.15, -0.1) is 0 Å². The molecule has 1 rings (SSSR count). The predicted molar refractivity (Wildman–Crippen MR) is 62.2 cm³/mol. The Morgan fingerprint density at radius 3 is 2.12 bits per heavy atom. The summed E-state index contributed by atoms with van der Waals surface area (Å²) in [5, 5.41) is 19.4. The monoisotopic (exact) mass is 222 g/mol. The summed E-state index contributed by atoms with van der Waals surface area (Å²) in [6, 6.07) is 9.40. The first-order valence-electron chi connectivity index (χ1n) is 5.27. The fourth-order valence-corrected chi connectivity index (χ4v) is 1.44. The Bertz CT molecular complexity index is 366. The Labute approximate surface area is 95.7 Å². The van der Waals surface area contributed by atoms with Crippen molar-refractivity contribution in [1.29, 1.82) is 0 Å². The molecule has 1 aromatic carbocycles. The lowest BCUT2D eigenvalue weighted by Gasteiger charge is -2.36. The number of aliphatic hydroxyl groups is 1. The number of benzene rings is 1. The number of carboxylic acid groups (broad SMARTS) is 1. The van der Waals surface area contributed by atoms with E-state index < -0.39 is 17.0 Å². The van der Waals surface area contributed by atoms with E-state index in [1.807, 2.05) is 30.3 Å². The molecule has 16 heavy (non-hydrogen) atoms. The molecule has 88 valence electrons.